The van der Waals surface area contributed by atoms with Crippen molar-refractivity contribution >= 4 is 5.91 Å². The van der Waals surface area contributed by atoms with E-state index in [1.54, 1.807) is 0 Å². The molecule has 0 fully saturated rings. The Labute approximate surface area is 107 Å². The molecular formula is C14H17N3O. The molecule has 4 heteroatoms. The smallest absolute Gasteiger partial charge is 0.217 e. The molecule has 0 atom stereocenters. The van der Waals surface area contributed by atoms with Gasteiger partial charge in [-0.2, -0.15) is 0 Å². The molecule has 1 amide bonds. The van der Waals surface area contributed by atoms with Gasteiger partial charge in [0.25, 0.3) is 0 Å². The normalized spacial score (nSPS) is 10.3. The number of rotatable bonds is 4. The van der Waals surface area contributed by atoms with Crippen molar-refractivity contribution < 1.29 is 4.79 Å². The minimum absolute atomic E-state index is 0.0399. The monoisotopic (exact) mass is 243 g/mol. The summed E-state index contributed by atoms with van der Waals surface area (Å²) in [6.07, 6.45) is 2.00. The highest BCUT2D eigenvalue weighted by Gasteiger charge is 2.06. The predicted octanol–water partition coefficient (Wildman–Crippen LogP) is 1.88. The van der Waals surface area contributed by atoms with Gasteiger partial charge in [-0.25, -0.2) is 4.98 Å². The third-order valence-corrected chi connectivity index (χ3v) is 2.67. The minimum Gasteiger partial charge on any atom is -0.349 e. The van der Waals surface area contributed by atoms with Crippen molar-refractivity contribution in [3.8, 4) is 0 Å². The van der Waals surface area contributed by atoms with Crippen molar-refractivity contribution in [1.29, 1.82) is 0 Å². The topological polar surface area (TPSA) is 46.9 Å². The molecule has 0 unspecified atom stereocenters. The van der Waals surface area contributed by atoms with Crippen LogP contribution in [0.2, 0.25) is 0 Å². The lowest BCUT2D eigenvalue weighted by Crippen LogP contribution is -2.21. The summed E-state index contributed by atoms with van der Waals surface area (Å²) in [7, 11) is 0. The average molecular weight is 243 g/mol. The van der Waals surface area contributed by atoms with Crippen molar-refractivity contribution in [3.63, 3.8) is 0 Å². The zero-order valence-electron chi connectivity index (χ0n) is 10.7. The van der Waals surface area contributed by atoms with Crippen LogP contribution in [-0.4, -0.2) is 15.5 Å². The molecule has 94 valence electrons. The molecular weight excluding hydrogens is 226 g/mol. The van der Waals surface area contributed by atoms with Crippen LogP contribution in [0.1, 0.15) is 24.0 Å². The van der Waals surface area contributed by atoms with Crippen LogP contribution in [0.5, 0.6) is 0 Å². The summed E-state index contributed by atoms with van der Waals surface area (Å²) in [6.45, 7) is 4.71. The quantitative estimate of drug-likeness (QED) is 0.891. The number of nitrogens with one attached hydrogen (secondary N) is 1. The third kappa shape index (κ3) is 3.20. The molecule has 0 aliphatic carbocycles. The lowest BCUT2D eigenvalue weighted by molar-refractivity contribution is -0.119. The van der Waals surface area contributed by atoms with Crippen LogP contribution in [0.15, 0.2) is 36.5 Å². The van der Waals surface area contributed by atoms with E-state index in [2.05, 4.69) is 27.0 Å². The number of carbonyl (C=O) groups excluding carboxylic acids is 1. The number of hydrogen-bond acceptors (Lipinski definition) is 2. The van der Waals surface area contributed by atoms with Gasteiger partial charge < -0.3 is 9.88 Å². The van der Waals surface area contributed by atoms with E-state index < -0.39 is 0 Å². The summed E-state index contributed by atoms with van der Waals surface area (Å²) in [4.78, 5) is 15.4. The molecule has 2 rings (SSSR count). The van der Waals surface area contributed by atoms with Gasteiger partial charge in [-0.05, 0) is 12.5 Å². The Kier molecular flexibility index (Phi) is 3.77. The van der Waals surface area contributed by atoms with E-state index in [1.807, 2.05) is 31.3 Å². The molecule has 0 aliphatic heterocycles. The van der Waals surface area contributed by atoms with Crippen LogP contribution < -0.4 is 5.32 Å². The number of carbonyl (C=O) groups is 1. The molecule has 0 bridgehead atoms. The number of amides is 1. The van der Waals surface area contributed by atoms with E-state index in [9.17, 15) is 4.79 Å². The fourth-order valence-electron chi connectivity index (χ4n) is 1.86. The van der Waals surface area contributed by atoms with Crippen molar-refractivity contribution in [2.75, 3.05) is 0 Å². The van der Waals surface area contributed by atoms with E-state index in [0.717, 1.165) is 18.1 Å². The van der Waals surface area contributed by atoms with Crippen LogP contribution in [0.25, 0.3) is 0 Å². The Morgan fingerprint density at radius 1 is 1.33 bits per heavy atom. The van der Waals surface area contributed by atoms with E-state index in [0.29, 0.717) is 6.54 Å². The number of benzene rings is 1. The average Bonchev–Trinajstić information content (AvgIpc) is 2.68. The molecule has 0 saturated carbocycles. The fourth-order valence-corrected chi connectivity index (χ4v) is 1.86. The predicted molar refractivity (Wildman–Crippen MR) is 70.0 cm³/mol. The summed E-state index contributed by atoms with van der Waals surface area (Å²) in [6, 6.07) is 10.2. The Morgan fingerprint density at radius 2 is 2.06 bits per heavy atom. The molecule has 1 heterocycles. The standard InChI is InChI=1S/C14H17N3O/c1-11-9-17(10-13-6-4-3-5-7-13)14(16-11)8-15-12(2)18/h3-7,9H,8,10H2,1-2H3,(H,15,18). The highest BCUT2D eigenvalue weighted by Crippen LogP contribution is 2.07. The number of nitrogens with zero attached hydrogens (tertiary/aromatic N) is 2. The van der Waals surface area contributed by atoms with Gasteiger partial charge in [-0.1, -0.05) is 30.3 Å². The van der Waals surface area contributed by atoms with Gasteiger partial charge in [-0.3, -0.25) is 4.79 Å². The zero-order chi connectivity index (χ0) is 13.0. The zero-order valence-corrected chi connectivity index (χ0v) is 10.7. The Hall–Kier alpha value is -2.10. The maximum atomic E-state index is 10.9. The van der Waals surface area contributed by atoms with Crippen molar-refractivity contribution in [1.82, 2.24) is 14.9 Å². The second-order valence-corrected chi connectivity index (χ2v) is 4.32. The molecule has 18 heavy (non-hydrogen) atoms. The van der Waals surface area contributed by atoms with Crippen LogP contribution in [0.4, 0.5) is 0 Å². The summed E-state index contributed by atoms with van der Waals surface area (Å²) in [5.74, 6) is 0.841. The summed E-state index contributed by atoms with van der Waals surface area (Å²) >= 11 is 0. The van der Waals surface area contributed by atoms with Gasteiger partial charge in [0.05, 0.1) is 12.2 Å². The molecule has 0 radical (unpaired) electrons. The summed E-state index contributed by atoms with van der Waals surface area (Å²) in [5.41, 5.74) is 2.19. The Bertz CT molecular complexity index is 531. The van der Waals surface area contributed by atoms with Crippen molar-refractivity contribution in [2.24, 2.45) is 0 Å². The van der Waals surface area contributed by atoms with Crippen molar-refractivity contribution in [2.45, 2.75) is 26.9 Å². The second kappa shape index (κ2) is 5.49. The molecule has 0 saturated heterocycles. The molecule has 0 spiro atoms. The first-order valence-electron chi connectivity index (χ1n) is 5.96. The maximum Gasteiger partial charge on any atom is 0.217 e. The number of aryl methyl sites for hydroxylation is 1. The summed E-state index contributed by atoms with van der Waals surface area (Å²) < 4.78 is 2.07. The molecule has 0 aliphatic rings. The van der Waals surface area contributed by atoms with Gasteiger partial charge >= 0.3 is 0 Å². The molecule has 4 nitrogen and oxygen atoms in total. The largest absolute Gasteiger partial charge is 0.349 e. The van der Waals surface area contributed by atoms with Gasteiger partial charge in [0.2, 0.25) is 5.91 Å². The molecule has 1 aromatic carbocycles. The highest BCUT2D eigenvalue weighted by atomic mass is 16.1. The first-order valence-corrected chi connectivity index (χ1v) is 5.96. The number of hydrogen-bond donors (Lipinski definition) is 1. The third-order valence-electron chi connectivity index (χ3n) is 2.67. The number of imidazole rings is 1. The van der Waals surface area contributed by atoms with E-state index in [4.69, 9.17) is 0 Å². The van der Waals surface area contributed by atoms with Gasteiger partial charge in [0.15, 0.2) is 0 Å². The second-order valence-electron chi connectivity index (χ2n) is 4.32. The van der Waals surface area contributed by atoms with Crippen molar-refractivity contribution in [3.05, 3.63) is 53.6 Å². The molecule has 1 aromatic heterocycles. The lowest BCUT2D eigenvalue weighted by Gasteiger charge is -2.08. The SMILES string of the molecule is CC(=O)NCc1nc(C)cn1Cc1ccccc1. The van der Waals surface area contributed by atoms with E-state index >= 15 is 0 Å². The van der Waals surface area contributed by atoms with Gasteiger partial charge in [-0.15, -0.1) is 0 Å². The van der Waals surface area contributed by atoms with E-state index in [-0.39, 0.29) is 5.91 Å². The lowest BCUT2D eigenvalue weighted by atomic mass is 10.2. The fraction of sp³-hybridized carbons (Fsp3) is 0.286. The van der Waals surface area contributed by atoms with Crippen LogP contribution in [0, 0.1) is 6.92 Å². The van der Waals surface area contributed by atoms with Crippen LogP contribution in [0.3, 0.4) is 0 Å². The Morgan fingerprint density at radius 3 is 2.72 bits per heavy atom. The van der Waals surface area contributed by atoms with Gasteiger partial charge in [0, 0.05) is 19.7 Å². The minimum atomic E-state index is -0.0399. The maximum absolute atomic E-state index is 10.9. The van der Waals surface area contributed by atoms with E-state index in [1.165, 1.54) is 12.5 Å². The molecule has 1 N–H and O–H groups in total. The van der Waals surface area contributed by atoms with Crippen LogP contribution in [-0.2, 0) is 17.9 Å². The Balaban J connectivity index is 2.14. The first-order chi connectivity index (χ1) is 8.65. The van der Waals surface area contributed by atoms with Gasteiger partial charge in [0.1, 0.15) is 5.82 Å². The first kappa shape index (κ1) is 12.4. The highest BCUT2D eigenvalue weighted by molar-refractivity contribution is 5.72. The summed E-state index contributed by atoms with van der Waals surface area (Å²) in [5, 5.41) is 2.78. The number of aromatic nitrogens is 2. The molecule has 2 aromatic rings. The van der Waals surface area contributed by atoms with Crippen LogP contribution >= 0.6 is 0 Å².